The monoisotopic (exact) mass is 176 g/mol. The molecule has 68 valence electrons. The first-order chi connectivity index (χ1) is 6.24. The maximum atomic E-state index is 7.71. The number of hydrazone groups is 1. The molecule has 0 unspecified atom stereocenters. The molecule has 0 atom stereocenters. The maximum Gasteiger partial charge on any atom is 0.157 e. The molecule has 0 saturated carbocycles. The molecule has 0 saturated heterocycles. The largest absolute Gasteiger partial charge is 0.346 e. The topological polar surface area (TPSA) is 51.5 Å². The van der Waals surface area contributed by atoms with E-state index in [0.717, 1.165) is 5.82 Å². The van der Waals surface area contributed by atoms with Crippen LogP contribution in [0.3, 0.4) is 0 Å². The van der Waals surface area contributed by atoms with Crippen molar-refractivity contribution in [3.63, 3.8) is 0 Å². The molecule has 0 fully saturated rings. The quantitative estimate of drug-likeness (QED) is 0.625. The van der Waals surface area contributed by atoms with E-state index >= 15 is 0 Å². The van der Waals surface area contributed by atoms with E-state index in [2.05, 4.69) is 23.7 Å². The summed E-state index contributed by atoms with van der Waals surface area (Å²) in [5, 5.41) is 15.8. The summed E-state index contributed by atoms with van der Waals surface area (Å²) in [7, 11) is 0. The fourth-order valence-electron chi connectivity index (χ4n) is 1.03. The number of hydrogen-bond acceptors (Lipinski definition) is 3. The molecule has 4 heteroatoms. The van der Waals surface area contributed by atoms with Crippen molar-refractivity contribution in [1.82, 2.24) is 10.3 Å². The average molecular weight is 176 g/mol. The Labute approximate surface area is 77.4 Å². The van der Waals surface area contributed by atoms with Crippen LogP contribution < -0.4 is 5.32 Å². The van der Waals surface area contributed by atoms with E-state index in [-0.39, 0.29) is 5.84 Å². The molecule has 1 aliphatic rings. The van der Waals surface area contributed by atoms with Crippen molar-refractivity contribution in [3.05, 3.63) is 36.3 Å². The Morgan fingerprint density at radius 3 is 2.85 bits per heavy atom. The minimum absolute atomic E-state index is 0.275. The van der Waals surface area contributed by atoms with E-state index in [1.807, 2.05) is 13.0 Å². The third kappa shape index (κ3) is 1.51. The van der Waals surface area contributed by atoms with E-state index in [1.54, 1.807) is 12.3 Å². The molecule has 0 amide bonds. The summed E-state index contributed by atoms with van der Waals surface area (Å²) >= 11 is 0. The number of amidine groups is 1. The van der Waals surface area contributed by atoms with Gasteiger partial charge in [-0.15, -0.1) is 0 Å². The molecule has 0 aromatic carbocycles. The Morgan fingerprint density at radius 2 is 2.38 bits per heavy atom. The highest BCUT2D eigenvalue weighted by atomic mass is 15.5. The van der Waals surface area contributed by atoms with Crippen LogP contribution in [0.4, 0.5) is 0 Å². The summed E-state index contributed by atoms with van der Waals surface area (Å²) in [4.78, 5) is 0. The van der Waals surface area contributed by atoms with Gasteiger partial charge in [0, 0.05) is 18.5 Å². The van der Waals surface area contributed by atoms with Gasteiger partial charge in [0.2, 0.25) is 0 Å². The SMILES string of the molecule is C=CC1=CN/C(=C/C)N(N=C)C1=N. The highest BCUT2D eigenvalue weighted by Crippen LogP contribution is 2.14. The van der Waals surface area contributed by atoms with Crippen molar-refractivity contribution >= 4 is 12.6 Å². The third-order valence-electron chi connectivity index (χ3n) is 1.72. The minimum Gasteiger partial charge on any atom is -0.346 e. The van der Waals surface area contributed by atoms with Crippen LogP contribution in [0.5, 0.6) is 0 Å². The molecule has 0 radical (unpaired) electrons. The maximum absolute atomic E-state index is 7.71. The van der Waals surface area contributed by atoms with E-state index in [4.69, 9.17) is 5.41 Å². The lowest BCUT2D eigenvalue weighted by atomic mass is 10.2. The zero-order valence-corrected chi connectivity index (χ0v) is 7.54. The molecule has 0 aliphatic carbocycles. The van der Waals surface area contributed by atoms with Gasteiger partial charge in [0.1, 0.15) is 5.82 Å². The van der Waals surface area contributed by atoms with Gasteiger partial charge in [0.15, 0.2) is 5.84 Å². The van der Waals surface area contributed by atoms with Crippen molar-refractivity contribution in [1.29, 1.82) is 5.41 Å². The van der Waals surface area contributed by atoms with Gasteiger partial charge in [0.25, 0.3) is 0 Å². The Morgan fingerprint density at radius 1 is 1.69 bits per heavy atom. The van der Waals surface area contributed by atoms with Crippen LogP contribution in [-0.2, 0) is 0 Å². The van der Waals surface area contributed by atoms with E-state index in [1.165, 1.54) is 5.01 Å². The van der Waals surface area contributed by atoms with Gasteiger partial charge in [-0.2, -0.15) is 10.1 Å². The molecular formula is C9H12N4. The zero-order chi connectivity index (χ0) is 9.84. The predicted octanol–water partition coefficient (Wildman–Crippen LogP) is 1.42. The number of nitrogens with one attached hydrogen (secondary N) is 2. The van der Waals surface area contributed by atoms with Crippen LogP contribution >= 0.6 is 0 Å². The highest BCUT2D eigenvalue weighted by molar-refractivity contribution is 6.00. The predicted molar refractivity (Wildman–Crippen MR) is 54.3 cm³/mol. The fraction of sp³-hybridized carbons (Fsp3) is 0.111. The number of rotatable bonds is 2. The minimum atomic E-state index is 0.275. The molecule has 1 aliphatic heterocycles. The number of nitrogens with zero attached hydrogens (tertiary/aromatic N) is 2. The Balaban J connectivity index is 3.07. The lowest BCUT2D eigenvalue weighted by Gasteiger charge is -2.26. The summed E-state index contributed by atoms with van der Waals surface area (Å²) < 4.78 is 0. The van der Waals surface area contributed by atoms with Gasteiger partial charge in [-0.05, 0) is 13.0 Å². The van der Waals surface area contributed by atoms with Crippen molar-refractivity contribution < 1.29 is 0 Å². The van der Waals surface area contributed by atoms with E-state index in [0.29, 0.717) is 5.57 Å². The zero-order valence-electron chi connectivity index (χ0n) is 7.54. The molecule has 0 spiro atoms. The molecule has 1 heterocycles. The first-order valence-electron chi connectivity index (χ1n) is 3.85. The second-order valence-corrected chi connectivity index (χ2v) is 2.42. The van der Waals surface area contributed by atoms with Gasteiger partial charge in [0.05, 0.1) is 0 Å². The van der Waals surface area contributed by atoms with Crippen LogP contribution in [0.2, 0.25) is 0 Å². The Kier molecular flexibility index (Phi) is 2.64. The van der Waals surface area contributed by atoms with Gasteiger partial charge >= 0.3 is 0 Å². The van der Waals surface area contributed by atoms with Crippen molar-refractivity contribution in [3.8, 4) is 0 Å². The van der Waals surface area contributed by atoms with Crippen LogP contribution in [0.1, 0.15) is 6.92 Å². The van der Waals surface area contributed by atoms with Gasteiger partial charge < -0.3 is 5.32 Å². The van der Waals surface area contributed by atoms with Crippen molar-refractivity contribution in [2.45, 2.75) is 6.92 Å². The van der Waals surface area contributed by atoms with Gasteiger partial charge in [-0.25, -0.2) is 0 Å². The summed E-state index contributed by atoms with van der Waals surface area (Å²) in [6.07, 6.45) is 5.13. The van der Waals surface area contributed by atoms with Crippen molar-refractivity contribution in [2.24, 2.45) is 5.10 Å². The molecule has 4 nitrogen and oxygen atoms in total. The van der Waals surface area contributed by atoms with Crippen LogP contribution in [0, 0.1) is 5.41 Å². The molecule has 13 heavy (non-hydrogen) atoms. The van der Waals surface area contributed by atoms with E-state index < -0.39 is 0 Å². The first kappa shape index (κ1) is 9.25. The lowest BCUT2D eigenvalue weighted by Crippen LogP contribution is -2.35. The molecule has 0 aromatic rings. The van der Waals surface area contributed by atoms with E-state index in [9.17, 15) is 0 Å². The Hall–Kier alpha value is -1.84. The number of hydrogen-bond donors (Lipinski definition) is 2. The number of allylic oxidation sites excluding steroid dienone is 1. The Bertz CT molecular complexity index is 312. The molecule has 1 rings (SSSR count). The van der Waals surface area contributed by atoms with Gasteiger partial charge in [-0.1, -0.05) is 12.7 Å². The lowest BCUT2D eigenvalue weighted by molar-refractivity contribution is 0.508. The average Bonchev–Trinajstić information content (AvgIpc) is 2.17. The molecule has 0 bridgehead atoms. The standard InChI is InChI=1S/C9H12N4/c1-4-7-6-12-8(5-2)13(11-3)9(7)10/h4-6,10,12H,1,3H2,2H3/b8-5-,10-9?. The highest BCUT2D eigenvalue weighted by Gasteiger charge is 2.18. The van der Waals surface area contributed by atoms with Crippen LogP contribution in [-0.4, -0.2) is 17.6 Å². The second-order valence-electron chi connectivity index (χ2n) is 2.42. The molecule has 2 N–H and O–H groups in total. The first-order valence-corrected chi connectivity index (χ1v) is 3.85. The van der Waals surface area contributed by atoms with Crippen LogP contribution in [0.15, 0.2) is 41.4 Å². The molecule has 0 aromatic heterocycles. The van der Waals surface area contributed by atoms with Gasteiger partial charge in [-0.3, -0.25) is 5.41 Å². The smallest absolute Gasteiger partial charge is 0.157 e. The summed E-state index contributed by atoms with van der Waals surface area (Å²) in [5.41, 5.74) is 0.693. The van der Waals surface area contributed by atoms with Crippen molar-refractivity contribution in [2.75, 3.05) is 0 Å². The third-order valence-corrected chi connectivity index (χ3v) is 1.72. The second kappa shape index (κ2) is 3.71. The normalized spacial score (nSPS) is 19.5. The van der Waals surface area contributed by atoms with Crippen LogP contribution in [0.25, 0.3) is 0 Å². The summed E-state index contributed by atoms with van der Waals surface area (Å²) in [6, 6.07) is 0. The summed E-state index contributed by atoms with van der Waals surface area (Å²) in [5.74, 6) is 1.00. The molecular weight excluding hydrogens is 164 g/mol. The summed E-state index contributed by atoms with van der Waals surface area (Å²) in [6.45, 7) is 8.85. The fourth-order valence-corrected chi connectivity index (χ4v) is 1.03.